The number of aromatic nitrogens is 1. The van der Waals surface area contributed by atoms with Gasteiger partial charge in [0.15, 0.2) is 0 Å². The molecule has 0 spiro atoms. The number of rotatable bonds is 5. The largest absolute Gasteiger partial charge is 0.387 e. The molecule has 4 heteroatoms. The fourth-order valence-electron chi connectivity index (χ4n) is 1.79. The summed E-state index contributed by atoms with van der Waals surface area (Å²) in [7, 11) is 0. The van der Waals surface area contributed by atoms with Crippen molar-refractivity contribution in [3.8, 4) is 0 Å². The van der Waals surface area contributed by atoms with Crippen molar-refractivity contribution in [3.63, 3.8) is 0 Å². The summed E-state index contributed by atoms with van der Waals surface area (Å²) in [5.74, 6) is 0. The molecule has 1 aromatic carbocycles. The molecule has 2 aromatic rings. The molecule has 0 fully saturated rings. The minimum absolute atomic E-state index is 0.467. The third-order valence-corrected chi connectivity index (χ3v) is 3.67. The van der Waals surface area contributed by atoms with E-state index in [1.165, 1.54) is 5.56 Å². The van der Waals surface area contributed by atoms with E-state index in [0.717, 1.165) is 16.3 Å². The molecule has 1 heterocycles. The van der Waals surface area contributed by atoms with Gasteiger partial charge in [-0.15, -0.1) is 11.3 Å². The van der Waals surface area contributed by atoms with Gasteiger partial charge < -0.3 is 10.4 Å². The number of aryl methyl sites for hydroxylation is 2. The van der Waals surface area contributed by atoms with Gasteiger partial charge in [0.2, 0.25) is 0 Å². The monoisotopic (exact) mass is 262 g/mol. The summed E-state index contributed by atoms with van der Waals surface area (Å²) < 4.78 is 0. The summed E-state index contributed by atoms with van der Waals surface area (Å²) in [5, 5.41) is 16.4. The van der Waals surface area contributed by atoms with Crippen molar-refractivity contribution in [1.82, 2.24) is 10.3 Å². The molecule has 2 rings (SSSR count). The Balaban J connectivity index is 1.83. The molecule has 0 aliphatic rings. The average molecular weight is 262 g/mol. The van der Waals surface area contributed by atoms with Gasteiger partial charge in [-0.25, -0.2) is 4.98 Å². The number of hydrogen-bond acceptors (Lipinski definition) is 4. The lowest BCUT2D eigenvalue weighted by Gasteiger charge is -2.12. The predicted molar refractivity (Wildman–Crippen MR) is 74.7 cm³/mol. The fourth-order valence-corrected chi connectivity index (χ4v) is 2.54. The Kier molecular flexibility index (Phi) is 4.47. The van der Waals surface area contributed by atoms with Crippen LogP contribution in [-0.4, -0.2) is 16.6 Å². The Bertz CT molecular complexity index is 510. The molecule has 96 valence electrons. The highest BCUT2D eigenvalue weighted by Crippen LogP contribution is 2.14. The van der Waals surface area contributed by atoms with Gasteiger partial charge in [-0.1, -0.05) is 29.8 Å². The molecule has 0 bridgehead atoms. The van der Waals surface area contributed by atoms with Crippen LogP contribution in [0.15, 0.2) is 29.6 Å². The third-order valence-electron chi connectivity index (χ3n) is 2.71. The summed E-state index contributed by atoms with van der Waals surface area (Å²) in [5.41, 5.74) is 3.18. The van der Waals surface area contributed by atoms with E-state index < -0.39 is 6.10 Å². The van der Waals surface area contributed by atoms with Crippen LogP contribution in [0.4, 0.5) is 0 Å². The maximum Gasteiger partial charge on any atom is 0.107 e. The smallest absolute Gasteiger partial charge is 0.107 e. The molecule has 0 aliphatic carbocycles. The molecule has 0 saturated heterocycles. The highest BCUT2D eigenvalue weighted by atomic mass is 32.1. The molecule has 2 N–H and O–H groups in total. The Morgan fingerprint density at radius 1 is 1.39 bits per heavy atom. The lowest BCUT2D eigenvalue weighted by molar-refractivity contribution is 0.174. The molecule has 3 nitrogen and oxygen atoms in total. The van der Waals surface area contributed by atoms with E-state index in [2.05, 4.69) is 10.3 Å². The molecular weight excluding hydrogens is 244 g/mol. The molecule has 1 atom stereocenters. The molecule has 18 heavy (non-hydrogen) atoms. The van der Waals surface area contributed by atoms with Gasteiger partial charge in [0, 0.05) is 24.2 Å². The Labute approximate surface area is 112 Å². The maximum absolute atomic E-state index is 10.0. The van der Waals surface area contributed by atoms with E-state index in [1.807, 2.05) is 43.5 Å². The molecule has 1 unspecified atom stereocenters. The number of benzene rings is 1. The maximum atomic E-state index is 10.0. The standard InChI is InChI=1S/C14H18N2OS/c1-10-4-3-5-12(6-10)13(17)7-15-8-14-16-11(2)9-18-14/h3-6,9,13,15,17H,7-8H2,1-2H3. The second-order valence-electron chi connectivity index (χ2n) is 4.44. The van der Waals surface area contributed by atoms with Crippen LogP contribution < -0.4 is 5.32 Å². The van der Waals surface area contributed by atoms with Crippen molar-refractivity contribution in [3.05, 3.63) is 51.5 Å². The Hall–Kier alpha value is -1.23. The zero-order chi connectivity index (χ0) is 13.0. The topological polar surface area (TPSA) is 45.1 Å². The van der Waals surface area contributed by atoms with E-state index in [4.69, 9.17) is 0 Å². The molecular formula is C14H18N2OS. The van der Waals surface area contributed by atoms with Crippen LogP contribution in [0.1, 0.15) is 27.9 Å². The molecule has 0 radical (unpaired) electrons. The van der Waals surface area contributed by atoms with Crippen molar-refractivity contribution in [2.75, 3.05) is 6.54 Å². The first-order valence-electron chi connectivity index (χ1n) is 6.01. The van der Waals surface area contributed by atoms with Crippen molar-refractivity contribution in [2.24, 2.45) is 0 Å². The first-order chi connectivity index (χ1) is 8.65. The summed E-state index contributed by atoms with van der Waals surface area (Å²) in [6, 6.07) is 7.97. The first kappa shape index (κ1) is 13.2. The normalized spacial score (nSPS) is 12.6. The van der Waals surface area contributed by atoms with Crippen LogP contribution in [0.25, 0.3) is 0 Å². The fraction of sp³-hybridized carbons (Fsp3) is 0.357. The van der Waals surface area contributed by atoms with E-state index in [9.17, 15) is 5.11 Å². The highest BCUT2D eigenvalue weighted by molar-refractivity contribution is 7.09. The first-order valence-corrected chi connectivity index (χ1v) is 6.89. The summed E-state index contributed by atoms with van der Waals surface area (Å²) in [6.45, 7) is 5.27. The van der Waals surface area contributed by atoms with Gasteiger partial charge in [-0.05, 0) is 19.4 Å². The van der Waals surface area contributed by atoms with Gasteiger partial charge in [0.05, 0.1) is 6.10 Å². The van der Waals surface area contributed by atoms with Crippen molar-refractivity contribution in [2.45, 2.75) is 26.5 Å². The summed E-state index contributed by atoms with van der Waals surface area (Å²) in [6.07, 6.45) is -0.467. The van der Waals surface area contributed by atoms with Gasteiger partial charge >= 0.3 is 0 Å². The van der Waals surface area contributed by atoms with Gasteiger partial charge in [-0.2, -0.15) is 0 Å². The van der Waals surface area contributed by atoms with E-state index in [1.54, 1.807) is 11.3 Å². The molecule has 0 saturated carbocycles. The minimum Gasteiger partial charge on any atom is -0.387 e. The van der Waals surface area contributed by atoms with Crippen molar-refractivity contribution in [1.29, 1.82) is 0 Å². The summed E-state index contributed by atoms with van der Waals surface area (Å²) >= 11 is 1.64. The third kappa shape index (κ3) is 3.63. The lowest BCUT2D eigenvalue weighted by Crippen LogP contribution is -2.21. The number of thiazole rings is 1. The van der Waals surface area contributed by atoms with Crippen LogP contribution in [0.3, 0.4) is 0 Å². The molecule has 0 aliphatic heterocycles. The number of aliphatic hydroxyl groups excluding tert-OH is 1. The van der Waals surface area contributed by atoms with E-state index in [-0.39, 0.29) is 0 Å². The van der Waals surface area contributed by atoms with Crippen LogP contribution in [-0.2, 0) is 6.54 Å². The van der Waals surface area contributed by atoms with Crippen LogP contribution in [0, 0.1) is 13.8 Å². The zero-order valence-corrected chi connectivity index (χ0v) is 11.5. The second kappa shape index (κ2) is 6.09. The SMILES string of the molecule is Cc1cccc(C(O)CNCc2nc(C)cs2)c1. The van der Waals surface area contributed by atoms with Gasteiger partial charge in [-0.3, -0.25) is 0 Å². The second-order valence-corrected chi connectivity index (χ2v) is 5.39. The summed E-state index contributed by atoms with van der Waals surface area (Å²) in [4.78, 5) is 4.37. The number of nitrogens with one attached hydrogen (secondary N) is 1. The van der Waals surface area contributed by atoms with Gasteiger partial charge in [0.1, 0.15) is 5.01 Å². The molecule has 0 amide bonds. The van der Waals surface area contributed by atoms with Crippen LogP contribution >= 0.6 is 11.3 Å². The average Bonchev–Trinajstić information content (AvgIpc) is 2.75. The van der Waals surface area contributed by atoms with Crippen molar-refractivity contribution >= 4 is 11.3 Å². The predicted octanol–water partition coefficient (Wildman–Crippen LogP) is 2.58. The number of nitrogens with zero attached hydrogens (tertiary/aromatic N) is 1. The molecule has 1 aromatic heterocycles. The van der Waals surface area contributed by atoms with Crippen molar-refractivity contribution < 1.29 is 5.11 Å². The van der Waals surface area contributed by atoms with Gasteiger partial charge in [0.25, 0.3) is 0 Å². The highest BCUT2D eigenvalue weighted by Gasteiger charge is 2.07. The Morgan fingerprint density at radius 2 is 2.22 bits per heavy atom. The Morgan fingerprint density at radius 3 is 2.89 bits per heavy atom. The zero-order valence-electron chi connectivity index (χ0n) is 10.7. The quantitative estimate of drug-likeness (QED) is 0.870. The number of hydrogen-bond donors (Lipinski definition) is 2. The van der Waals surface area contributed by atoms with Crippen LogP contribution in [0.5, 0.6) is 0 Å². The van der Waals surface area contributed by atoms with E-state index in [0.29, 0.717) is 13.1 Å². The lowest BCUT2D eigenvalue weighted by atomic mass is 10.1. The van der Waals surface area contributed by atoms with Crippen LogP contribution in [0.2, 0.25) is 0 Å². The minimum atomic E-state index is -0.467. The number of aliphatic hydroxyl groups is 1. The van der Waals surface area contributed by atoms with E-state index >= 15 is 0 Å².